The van der Waals surface area contributed by atoms with E-state index in [0.29, 0.717) is 6.07 Å². The second-order valence-electron chi connectivity index (χ2n) is 7.53. The lowest BCUT2D eigenvalue weighted by molar-refractivity contribution is -0.137. The molecule has 3 rings (SSSR count). The molecule has 1 fully saturated rings. The maximum Gasteiger partial charge on any atom is 0.417 e. The summed E-state index contributed by atoms with van der Waals surface area (Å²) in [6, 6.07) is 2.56. The molecule has 1 unspecified atom stereocenters. The summed E-state index contributed by atoms with van der Waals surface area (Å²) in [5.74, 6) is -5.17. The minimum Gasteiger partial charge on any atom is -0.387 e. The monoisotopic (exact) mass is 500 g/mol. The number of amides is 1. The molecule has 1 aromatic heterocycles. The first-order valence-electron chi connectivity index (χ1n) is 9.32. The fourth-order valence-corrected chi connectivity index (χ4v) is 4.14. The van der Waals surface area contributed by atoms with Gasteiger partial charge in [0.1, 0.15) is 11.5 Å². The van der Waals surface area contributed by atoms with Crippen LogP contribution in [0.5, 0.6) is 0 Å². The maximum atomic E-state index is 14.1. The Morgan fingerprint density at radius 1 is 1.09 bits per heavy atom. The Labute approximate surface area is 188 Å². The van der Waals surface area contributed by atoms with Crippen LogP contribution in [0.1, 0.15) is 53.3 Å². The van der Waals surface area contributed by atoms with Crippen molar-refractivity contribution in [1.82, 2.24) is 10.3 Å². The highest BCUT2D eigenvalue weighted by atomic mass is 35.5. The Balaban J connectivity index is 2.02. The normalized spacial score (nSPS) is 18.8. The quantitative estimate of drug-likeness (QED) is 0.509. The van der Waals surface area contributed by atoms with Crippen LogP contribution in [0.15, 0.2) is 30.5 Å². The number of halogens is 8. The molecule has 1 aliphatic carbocycles. The van der Waals surface area contributed by atoms with Crippen LogP contribution in [0.3, 0.4) is 0 Å². The number of carbonyl (C=O) groups is 1. The van der Waals surface area contributed by atoms with Gasteiger partial charge in [0.25, 0.3) is 5.91 Å². The van der Waals surface area contributed by atoms with Gasteiger partial charge in [-0.2, -0.15) is 13.2 Å². The van der Waals surface area contributed by atoms with E-state index < -0.39 is 82.5 Å². The van der Waals surface area contributed by atoms with Crippen molar-refractivity contribution >= 4 is 29.1 Å². The summed E-state index contributed by atoms with van der Waals surface area (Å²) in [7, 11) is 0. The number of carbonyl (C=O) groups excluding carboxylic acids is 1. The fraction of sp³-hybridized carbons (Fsp3) is 0.400. The highest BCUT2D eigenvalue weighted by molar-refractivity contribution is 6.34. The van der Waals surface area contributed by atoms with Crippen molar-refractivity contribution in [2.75, 3.05) is 0 Å². The molecule has 0 saturated heterocycles. The molecule has 1 amide bonds. The summed E-state index contributed by atoms with van der Waals surface area (Å²) in [5, 5.41) is 11.9. The minimum absolute atomic E-state index is 0.129. The molecular weight excluding hydrogens is 485 g/mol. The summed E-state index contributed by atoms with van der Waals surface area (Å²) in [6.07, 6.45) is -6.54. The van der Waals surface area contributed by atoms with E-state index in [9.17, 15) is 36.2 Å². The van der Waals surface area contributed by atoms with Crippen molar-refractivity contribution in [3.8, 4) is 0 Å². The molecule has 0 aliphatic heterocycles. The third kappa shape index (κ3) is 4.97. The first-order chi connectivity index (χ1) is 14.8. The number of alkyl halides is 5. The predicted molar refractivity (Wildman–Crippen MR) is 104 cm³/mol. The molecule has 1 aliphatic rings. The summed E-state index contributed by atoms with van der Waals surface area (Å²) in [4.78, 5) is 16.4. The molecule has 1 aromatic carbocycles. The SMILES string of the molecule is O=C(NC(c1cccc(F)c1Cl)C1(O)CCC(F)(F)CC1)c1nccc(C(F)(F)F)c1Cl. The first kappa shape index (κ1) is 24.6. The average Bonchev–Trinajstić information content (AvgIpc) is 2.70. The molecular formula is C20H16Cl2F6N2O2. The molecule has 2 N–H and O–H groups in total. The van der Waals surface area contributed by atoms with Gasteiger partial charge < -0.3 is 10.4 Å². The van der Waals surface area contributed by atoms with Gasteiger partial charge in [-0.25, -0.2) is 18.2 Å². The predicted octanol–water partition coefficient (Wildman–Crippen LogP) is 5.96. The van der Waals surface area contributed by atoms with Gasteiger partial charge in [0.2, 0.25) is 5.92 Å². The van der Waals surface area contributed by atoms with Crippen LogP contribution in [-0.4, -0.2) is 27.5 Å². The topological polar surface area (TPSA) is 62.2 Å². The highest BCUT2D eigenvalue weighted by Gasteiger charge is 2.48. The molecule has 1 atom stereocenters. The summed E-state index contributed by atoms with van der Waals surface area (Å²) < 4.78 is 80.8. The molecule has 0 radical (unpaired) electrons. The number of rotatable bonds is 4. The third-order valence-electron chi connectivity index (χ3n) is 5.36. The Bertz CT molecular complexity index is 1020. The van der Waals surface area contributed by atoms with E-state index in [1.165, 1.54) is 12.1 Å². The van der Waals surface area contributed by atoms with Crippen molar-refractivity contribution < 1.29 is 36.2 Å². The number of hydrogen-bond donors (Lipinski definition) is 2. The van der Waals surface area contributed by atoms with Crippen LogP contribution in [0, 0.1) is 5.82 Å². The molecule has 0 spiro atoms. The highest BCUT2D eigenvalue weighted by Crippen LogP contribution is 2.46. The minimum atomic E-state index is -4.87. The number of benzene rings is 1. The van der Waals surface area contributed by atoms with Crippen LogP contribution in [0.2, 0.25) is 10.0 Å². The van der Waals surface area contributed by atoms with E-state index in [1.807, 2.05) is 0 Å². The molecule has 1 saturated carbocycles. The van der Waals surface area contributed by atoms with Crippen molar-refractivity contribution in [3.63, 3.8) is 0 Å². The fourth-order valence-electron chi connectivity index (χ4n) is 3.60. The molecule has 4 nitrogen and oxygen atoms in total. The Morgan fingerprint density at radius 3 is 2.31 bits per heavy atom. The van der Waals surface area contributed by atoms with Crippen molar-refractivity contribution in [2.45, 2.75) is 49.4 Å². The van der Waals surface area contributed by atoms with Gasteiger partial charge in [-0.05, 0) is 30.5 Å². The number of aromatic nitrogens is 1. The van der Waals surface area contributed by atoms with Crippen LogP contribution in [-0.2, 0) is 6.18 Å². The number of nitrogens with one attached hydrogen (secondary N) is 1. The second-order valence-corrected chi connectivity index (χ2v) is 8.28. The molecule has 12 heteroatoms. The molecule has 0 bridgehead atoms. The Kier molecular flexibility index (Phi) is 6.70. The van der Waals surface area contributed by atoms with E-state index in [-0.39, 0.29) is 5.56 Å². The summed E-state index contributed by atoms with van der Waals surface area (Å²) in [6.45, 7) is 0. The second kappa shape index (κ2) is 8.72. The van der Waals surface area contributed by atoms with E-state index >= 15 is 0 Å². The van der Waals surface area contributed by atoms with E-state index in [2.05, 4.69) is 10.3 Å². The molecule has 32 heavy (non-hydrogen) atoms. The van der Waals surface area contributed by atoms with Crippen LogP contribution in [0.4, 0.5) is 26.3 Å². The number of nitrogens with zero attached hydrogens (tertiary/aromatic N) is 1. The Morgan fingerprint density at radius 2 is 1.72 bits per heavy atom. The van der Waals surface area contributed by atoms with Crippen LogP contribution in [0.25, 0.3) is 0 Å². The summed E-state index contributed by atoms with van der Waals surface area (Å²) in [5.41, 5.74) is -4.22. The molecule has 174 valence electrons. The van der Waals surface area contributed by atoms with Gasteiger partial charge in [-0.15, -0.1) is 0 Å². The van der Waals surface area contributed by atoms with Crippen molar-refractivity contribution in [2.24, 2.45) is 0 Å². The zero-order chi connectivity index (χ0) is 23.9. The van der Waals surface area contributed by atoms with Gasteiger partial charge >= 0.3 is 6.18 Å². The smallest absolute Gasteiger partial charge is 0.387 e. The van der Waals surface area contributed by atoms with Crippen molar-refractivity contribution in [3.05, 3.63) is 63.1 Å². The van der Waals surface area contributed by atoms with Crippen LogP contribution < -0.4 is 5.32 Å². The van der Waals surface area contributed by atoms with Gasteiger partial charge in [0, 0.05) is 19.0 Å². The van der Waals surface area contributed by atoms with Gasteiger partial charge in [-0.3, -0.25) is 4.79 Å². The molecule has 1 heterocycles. The maximum absolute atomic E-state index is 14.1. The molecule has 2 aromatic rings. The lowest BCUT2D eigenvalue weighted by atomic mass is 9.75. The Hall–Kier alpha value is -2.04. The van der Waals surface area contributed by atoms with E-state index in [1.54, 1.807) is 0 Å². The zero-order valence-electron chi connectivity index (χ0n) is 16.1. The average molecular weight is 501 g/mol. The lowest BCUT2D eigenvalue weighted by Gasteiger charge is -2.42. The first-order valence-corrected chi connectivity index (χ1v) is 10.1. The number of pyridine rings is 1. The van der Waals surface area contributed by atoms with Crippen molar-refractivity contribution in [1.29, 1.82) is 0 Å². The number of hydrogen-bond acceptors (Lipinski definition) is 3. The zero-order valence-corrected chi connectivity index (χ0v) is 17.6. The largest absolute Gasteiger partial charge is 0.417 e. The van der Waals surface area contributed by atoms with Gasteiger partial charge in [0.05, 0.1) is 27.3 Å². The summed E-state index contributed by atoms with van der Waals surface area (Å²) >= 11 is 11.7. The van der Waals surface area contributed by atoms with Crippen LogP contribution >= 0.6 is 23.2 Å². The van der Waals surface area contributed by atoms with Gasteiger partial charge in [0.15, 0.2) is 0 Å². The lowest BCUT2D eigenvalue weighted by Crippen LogP contribution is -2.50. The standard InChI is InChI=1S/C20H16Cl2F6N2O2/c21-13-10(2-1-3-12(13)23)16(18(32)5-7-19(24,25)8-6-18)30-17(31)15-14(22)11(4-9-29-15)20(26,27)28/h1-4,9,16,32H,5-8H2,(H,30,31). The number of aliphatic hydroxyl groups is 1. The third-order valence-corrected chi connectivity index (χ3v) is 6.14. The van der Waals surface area contributed by atoms with E-state index in [4.69, 9.17) is 23.2 Å². The van der Waals surface area contributed by atoms with Gasteiger partial charge in [-0.1, -0.05) is 35.3 Å². The van der Waals surface area contributed by atoms with E-state index in [0.717, 1.165) is 12.3 Å².